The van der Waals surface area contributed by atoms with Crippen molar-refractivity contribution in [3.05, 3.63) is 42.1 Å². The quantitative estimate of drug-likeness (QED) is 0.370. The van der Waals surface area contributed by atoms with Crippen LogP contribution in [0.1, 0.15) is 49.9 Å². The number of aromatic nitrogens is 4. The molecule has 9 nitrogen and oxygen atoms in total. The molecule has 0 spiro atoms. The van der Waals surface area contributed by atoms with Crippen LogP contribution in [0.4, 0.5) is 0 Å². The number of benzene rings is 1. The van der Waals surface area contributed by atoms with Crippen molar-refractivity contribution < 1.29 is 14.3 Å². The third kappa shape index (κ3) is 3.78. The summed E-state index contributed by atoms with van der Waals surface area (Å²) in [6.07, 6.45) is 5.89. The van der Waals surface area contributed by atoms with Crippen LogP contribution < -0.4 is 10.5 Å². The van der Waals surface area contributed by atoms with Gasteiger partial charge in [0.05, 0.1) is 23.9 Å². The topological polar surface area (TPSA) is 100 Å². The lowest BCUT2D eigenvalue weighted by Gasteiger charge is -2.44. The van der Waals surface area contributed by atoms with Crippen molar-refractivity contribution in [2.75, 3.05) is 20.8 Å². The Kier molecular flexibility index (Phi) is 5.94. The molecule has 1 amide bonds. The van der Waals surface area contributed by atoms with Crippen LogP contribution in [0, 0.1) is 11.8 Å². The van der Waals surface area contributed by atoms with Gasteiger partial charge in [-0.1, -0.05) is 0 Å². The van der Waals surface area contributed by atoms with E-state index >= 15 is 0 Å². The zero-order valence-corrected chi connectivity index (χ0v) is 23.8. The van der Waals surface area contributed by atoms with Gasteiger partial charge in [-0.15, -0.1) is 0 Å². The molecule has 210 valence electrons. The van der Waals surface area contributed by atoms with E-state index in [9.17, 15) is 4.79 Å². The second kappa shape index (κ2) is 9.31. The van der Waals surface area contributed by atoms with E-state index in [-0.39, 0.29) is 23.6 Å². The largest absolute Gasteiger partial charge is 0.494 e. The summed E-state index contributed by atoms with van der Waals surface area (Å²) >= 11 is 0. The lowest BCUT2D eigenvalue weighted by Crippen LogP contribution is -2.44. The summed E-state index contributed by atoms with van der Waals surface area (Å²) in [5.41, 5.74) is 10.6. The van der Waals surface area contributed by atoms with Crippen LogP contribution in [0.15, 0.2) is 36.5 Å². The van der Waals surface area contributed by atoms with Gasteiger partial charge in [0.15, 0.2) is 5.82 Å². The van der Waals surface area contributed by atoms with E-state index in [4.69, 9.17) is 20.2 Å². The average molecular weight is 543 g/mol. The number of likely N-dealkylation sites (tertiary alicyclic amines) is 1. The van der Waals surface area contributed by atoms with E-state index in [1.54, 1.807) is 14.2 Å². The highest BCUT2D eigenvalue weighted by molar-refractivity contribution is 6.00. The Labute approximate surface area is 234 Å². The number of nitrogens with two attached hydrogens (primary N) is 1. The third-order valence-electron chi connectivity index (χ3n) is 9.76. The van der Waals surface area contributed by atoms with Gasteiger partial charge in [0.2, 0.25) is 0 Å². The fourth-order valence-electron chi connectivity index (χ4n) is 7.64. The number of imidazole rings is 1. The smallest absolute Gasteiger partial charge is 0.254 e. The highest BCUT2D eigenvalue weighted by Gasteiger charge is 2.47. The number of piperidine rings is 1. The molecule has 3 aromatic heterocycles. The number of aryl methyl sites for hydroxylation is 1. The highest BCUT2D eigenvalue weighted by Crippen LogP contribution is 2.44. The minimum atomic E-state index is -0.0803. The molecule has 3 fully saturated rings. The predicted octanol–water partition coefficient (Wildman–Crippen LogP) is 4.46. The fourth-order valence-corrected chi connectivity index (χ4v) is 7.64. The van der Waals surface area contributed by atoms with Gasteiger partial charge in [-0.3, -0.25) is 4.79 Å². The van der Waals surface area contributed by atoms with Crippen LogP contribution in [0.2, 0.25) is 0 Å². The predicted molar refractivity (Wildman–Crippen MR) is 154 cm³/mol. The second-order valence-electron chi connectivity index (χ2n) is 12.2. The molecule has 2 N–H and O–H groups in total. The van der Waals surface area contributed by atoms with Gasteiger partial charge in [0, 0.05) is 56.0 Å². The Bertz CT molecular complexity index is 1620. The Morgan fingerprint density at radius 3 is 2.67 bits per heavy atom. The minimum absolute atomic E-state index is 0.0145. The first-order chi connectivity index (χ1) is 19.3. The lowest BCUT2D eigenvalue weighted by atomic mass is 9.72. The average Bonchev–Trinajstić information content (AvgIpc) is 3.70. The molecule has 7 rings (SSSR count). The first-order valence-electron chi connectivity index (χ1n) is 14.5. The minimum Gasteiger partial charge on any atom is -0.494 e. The van der Waals surface area contributed by atoms with Crippen molar-refractivity contribution in [1.82, 2.24) is 24.0 Å². The van der Waals surface area contributed by atoms with Crippen molar-refractivity contribution in [3.63, 3.8) is 0 Å². The zero-order valence-electron chi connectivity index (χ0n) is 23.8. The molecule has 0 radical (unpaired) electrons. The maximum atomic E-state index is 13.8. The van der Waals surface area contributed by atoms with Gasteiger partial charge < -0.3 is 29.2 Å². The van der Waals surface area contributed by atoms with E-state index < -0.39 is 0 Å². The number of fused-ring (bicyclic) bond motifs is 4. The van der Waals surface area contributed by atoms with E-state index in [2.05, 4.69) is 40.1 Å². The van der Waals surface area contributed by atoms with E-state index in [0.29, 0.717) is 23.1 Å². The number of amides is 1. The number of hydrogen-bond donors (Lipinski definition) is 1. The molecule has 2 bridgehead atoms. The van der Waals surface area contributed by atoms with Gasteiger partial charge in [0.25, 0.3) is 5.91 Å². The van der Waals surface area contributed by atoms with Gasteiger partial charge in [-0.05, 0) is 81.7 Å². The number of pyridine rings is 1. The Balaban J connectivity index is 1.37. The van der Waals surface area contributed by atoms with Crippen LogP contribution in [0.25, 0.3) is 33.6 Å². The van der Waals surface area contributed by atoms with E-state index in [1.165, 1.54) is 0 Å². The molecule has 1 aliphatic heterocycles. The molecular formula is C31H38N6O3. The molecular weight excluding hydrogens is 504 g/mol. The van der Waals surface area contributed by atoms with Crippen molar-refractivity contribution >= 4 is 28.0 Å². The van der Waals surface area contributed by atoms with Gasteiger partial charge in [-0.2, -0.15) is 0 Å². The molecule has 4 aromatic rings. The first kappa shape index (κ1) is 25.5. The van der Waals surface area contributed by atoms with Crippen molar-refractivity contribution in [3.8, 4) is 17.3 Å². The molecule has 9 heteroatoms. The molecule has 0 unspecified atom stereocenters. The lowest BCUT2D eigenvalue weighted by molar-refractivity contribution is -0.0937. The summed E-state index contributed by atoms with van der Waals surface area (Å²) < 4.78 is 16.2. The molecule has 40 heavy (non-hydrogen) atoms. The van der Waals surface area contributed by atoms with E-state index in [0.717, 1.165) is 78.9 Å². The molecule has 1 aromatic carbocycles. The summed E-state index contributed by atoms with van der Waals surface area (Å²) in [6.45, 7) is 6.59. The summed E-state index contributed by atoms with van der Waals surface area (Å²) in [5.74, 6) is 2.40. The van der Waals surface area contributed by atoms with E-state index in [1.807, 2.05) is 29.3 Å². The molecule has 3 aliphatic rings. The number of hydrogen-bond acceptors (Lipinski definition) is 6. The first-order valence-corrected chi connectivity index (χ1v) is 14.5. The standard InChI is InChI=1S/C31H38N6O3/c1-5-35-24(12-19-7-6-10-33-28(19)35)29-34-22-11-21(30(38)36-17-20-8-9-23(36)26(20)32)13-25(39-3)27(22)37(29)16-18-14-31(2,15-18)40-4/h6-7,10-13,18,20,23,26H,5,8-9,14-17,32H2,1-4H3/t18?,20-,23-,26-,31?/m1/s1. The molecule has 1 saturated heterocycles. The Morgan fingerprint density at radius 2 is 2.00 bits per heavy atom. The normalized spacial score (nSPS) is 27.6. The second-order valence-corrected chi connectivity index (χ2v) is 12.2. The maximum absolute atomic E-state index is 13.8. The SMILES string of the molecule is CCn1c(-c2nc3cc(C(=O)N4C[C@H]5CC[C@@H]4[C@@H]5N)cc(OC)c3n2CC2CC(C)(OC)C2)cc2cccnc21. The maximum Gasteiger partial charge on any atom is 0.254 e. The van der Waals surface area contributed by atoms with Crippen LogP contribution in [-0.4, -0.2) is 68.4 Å². The molecule has 3 atom stereocenters. The fraction of sp³-hybridized carbons (Fsp3) is 0.516. The molecule has 2 saturated carbocycles. The summed E-state index contributed by atoms with van der Waals surface area (Å²) in [7, 11) is 3.47. The van der Waals surface area contributed by atoms with Crippen LogP contribution in [0.3, 0.4) is 0 Å². The van der Waals surface area contributed by atoms with Crippen molar-refractivity contribution in [2.24, 2.45) is 17.6 Å². The Morgan fingerprint density at radius 1 is 1.18 bits per heavy atom. The highest BCUT2D eigenvalue weighted by atomic mass is 16.5. The monoisotopic (exact) mass is 542 g/mol. The van der Waals surface area contributed by atoms with Crippen LogP contribution in [0.5, 0.6) is 5.75 Å². The van der Waals surface area contributed by atoms with Crippen LogP contribution >= 0.6 is 0 Å². The number of methoxy groups -OCH3 is 2. The van der Waals surface area contributed by atoms with Crippen LogP contribution in [-0.2, 0) is 17.8 Å². The number of ether oxygens (including phenoxy) is 2. The molecule has 4 heterocycles. The summed E-state index contributed by atoms with van der Waals surface area (Å²) in [4.78, 5) is 25.6. The van der Waals surface area contributed by atoms with Crippen molar-refractivity contribution in [2.45, 2.75) is 70.3 Å². The number of nitrogens with zero attached hydrogens (tertiary/aromatic N) is 5. The molecule has 2 aliphatic carbocycles. The summed E-state index contributed by atoms with van der Waals surface area (Å²) in [6, 6.07) is 10.2. The van der Waals surface area contributed by atoms with Crippen molar-refractivity contribution in [1.29, 1.82) is 0 Å². The summed E-state index contributed by atoms with van der Waals surface area (Å²) in [5, 5.41) is 1.08. The third-order valence-corrected chi connectivity index (χ3v) is 9.76. The number of carbonyl (C=O) groups is 1. The zero-order chi connectivity index (χ0) is 27.8. The van der Waals surface area contributed by atoms with Gasteiger partial charge in [-0.25, -0.2) is 9.97 Å². The van der Waals surface area contributed by atoms with Gasteiger partial charge in [0.1, 0.15) is 16.9 Å². The van der Waals surface area contributed by atoms with Gasteiger partial charge >= 0.3 is 0 Å². The number of carbonyl (C=O) groups excluding carboxylic acids is 1. The number of rotatable bonds is 7. The Hall–Kier alpha value is -3.43.